The fourth-order valence-corrected chi connectivity index (χ4v) is 4.25. The second kappa shape index (κ2) is 9.69. The summed E-state index contributed by atoms with van der Waals surface area (Å²) in [4.78, 5) is 22.0. The van der Waals surface area contributed by atoms with Gasteiger partial charge in [0.2, 0.25) is 5.88 Å². The maximum absolute atomic E-state index is 13.0. The lowest BCUT2D eigenvalue weighted by molar-refractivity contribution is 0.0923. The number of pyridine rings is 2. The molecule has 0 atom stereocenters. The number of amides is 1. The maximum atomic E-state index is 13.0. The highest BCUT2D eigenvalue weighted by Crippen LogP contribution is 2.25. The molecule has 0 radical (unpaired) electrons. The lowest BCUT2D eigenvalue weighted by Gasteiger charge is -2.30. The summed E-state index contributed by atoms with van der Waals surface area (Å²) in [7, 11) is 0. The molecule has 1 aliphatic rings. The predicted molar refractivity (Wildman–Crippen MR) is 130 cm³/mol. The third kappa shape index (κ3) is 5.12. The van der Waals surface area contributed by atoms with Crippen molar-refractivity contribution in [3.8, 4) is 11.6 Å². The first-order valence-electron chi connectivity index (χ1n) is 11.4. The van der Waals surface area contributed by atoms with Crippen LogP contribution in [-0.4, -0.2) is 28.0 Å². The number of para-hydroxylation sites is 2. The molecular formula is C27H26N4O2. The van der Waals surface area contributed by atoms with Gasteiger partial charge in [-0.2, -0.15) is 0 Å². The zero-order valence-corrected chi connectivity index (χ0v) is 18.3. The first-order chi connectivity index (χ1) is 16.2. The highest BCUT2D eigenvalue weighted by atomic mass is 16.5. The number of rotatable bonds is 6. The number of carbonyl (C=O) groups excluding carboxylic acids is 1. The van der Waals surface area contributed by atoms with Crippen molar-refractivity contribution in [2.45, 2.75) is 37.8 Å². The SMILES string of the molecule is O=C(NC1CCC(Nc2ccc3ccccc3n2)CC1)c1cccnc1Oc1ccccc1. The van der Waals surface area contributed by atoms with Crippen LogP contribution in [0.15, 0.2) is 85.1 Å². The molecule has 6 nitrogen and oxygen atoms in total. The van der Waals surface area contributed by atoms with Crippen molar-refractivity contribution in [2.75, 3.05) is 5.32 Å². The highest BCUT2D eigenvalue weighted by molar-refractivity contribution is 5.96. The molecule has 1 fully saturated rings. The molecule has 4 aromatic rings. The number of ether oxygens (including phenoxy) is 1. The number of benzene rings is 2. The number of fused-ring (bicyclic) bond motifs is 1. The van der Waals surface area contributed by atoms with Gasteiger partial charge in [-0.05, 0) is 68.1 Å². The Hall–Kier alpha value is -3.93. The fourth-order valence-electron chi connectivity index (χ4n) is 4.25. The highest BCUT2D eigenvalue weighted by Gasteiger charge is 2.24. The van der Waals surface area contributed by atoms with Gasteiger partial charge in [-0.1, -0.05) is 36.4 Å². The molecule has 166 valence electrons. The van der Waals surface area contributed by atoms with Gasteiger partial charge in [0.05, 0.1) is 5.52 Å². The summed E-state index contributed by atoms with van der Waals surface area (Å²) in [5.74, 6) is 1.72. The quantitative estimate of drug-likeness (QED) is 0.411. The molecule has 1 saturated carbocycles. The molecule has 33 heavy (non-hydrogen) atoms. The van der Waals surface area contributed by atoms with Gasteiger partial charge in [-0.3, -0.25) is 4.79 Å². The van der Waals surface area contributed by atoms with Gasteiger partial charge in [-0.25, -0.2) is 9.97 Å². The molecule has 2 N–H and O–H groups in total. The second-order valence-electron chi connectivity index (χ2n) is 8.33. The Bertz CT molecular complexity index is 1240. The largest absolute Gasteiger partial charge is 0.438 e. The van der Waals surface area contributed by atoms with Crippen molar-refractivity contribution >= 4 is 22.6 Å². The van der Waals surface area contributed by atoms with Crippen molar-refractivity contribution in [1.29, 1.82) is 0 Å². The summed E-state index contributed by atoms with van der Waals surface area (Å²) in [6, 6.07) is 25.6. The summed E-state index contributed by atoms with van der Waals surface area (Å²) >= 11 is 0. The van der Waals surface area contributed by atoms with E-state index in [0.29, 0.717) is 23.2 Å². The molecule has 0 bridgehead atoms. The molecule has 0 spiro atoms. The topological polar surface area (TPSA) is 76.1 Å². The molecule has 5 rings (SSSR count). The summed E-state index contributed by atoms with van der Waals surface area (Å²) in [6.45, 7) is 0. The minimum absolute atomic E-state index is 0.130. The van der Waals surface area contributed by atoms with Crippen molar-refractivity contribution in [3.63, 3.8) is 0 Å². The average Bonchev–Trinajstić information content (AvgIpc) is 2.86. The van der Waals surface area contributed by atoms with Gasteiger partial charge in [0.15, 0.2) is 0 Å². The number of hydrogen-bond acceptors (Lipinski definition) is 5. The van der Waals surface area contributed by atoms with Crippen molar-refractivity contribution in [3.05, 3.63) is 90.6 Å². The van der Waals surface area contributed by atoms with E-state index in [9.17, 15) is 4.79 Å². The Morgan fingerprint density at radius 1 is 0.818 bits per heavy atom. The smallest absolute Gasteiger partial charge is 0.257 e. The van der Waals surface area contributed by atoms with Crippen molar-refractivity contribution in [2.24, 2.45) is 0 Å². The lowest BCUT2D eigenvalue weighted by atomic mass is 9.91. The van der Waals surface area contributed by atoms with E-state index in [4.69, 9.17) is 9.72 Å². The van der Waals surface area contributed by atoms with Crippen LogP contribution in [0.3, 0.4) is 0 Å². The van der Waals surface area contributed by atoms with Gasteiger partial charge < -0.3 is 15.4 Å². The zero-order valence-electron chi connectivity index (χ0n) is 18.3. The minimum Gasteiger partial charge on any atom is -0.438 e. The van der Waals surface area contributed by atoms with Gasteiger partial charge >= 0.3 is 0 Å². The van der Waals surface area contributed by atoms with Crippen LogP contribution in [0.5, 0.6) is 11.6 Å². The molecular weight excluding hydrogens is 412 g/mol. The first-order valence-corrected chi connectivity index (χ1v) is 11.4. The molecule has 1 amide bonds. The Morgan fingerprint density at radius 3 is 2.42 bits per heavy atom. The van der Waals surface area contributed by atoms with Crippen LogP contribution >= 0.6 is 0 Å². The second-order valence-corrected chi connectivity index (χ2v) is 8.33. The third-order valence-corrected chi connectivity index (χ3v) is 5.99. The first kappa shape index (κ1) is 20.9. The Balaban J connectivity index is 1.17. The van der Waals surface area contributed by atoms with E-state index in [1.807, 2.05) is 54.6 Å². The van der Waals surface area contributed by atoms with Crippen LogP contribution in [0, 0.1) is 0 Å². The van der Waals surface area contributed by atoms with E-state index < -0.39 is 0 Å². The molecule has 0 saturated heterocycles. The van der Waals surface area contributed by atoms with Crippen LogP contribution in [0.2, 0.25) is 0 Å². The average molecular weight is 439 g/mol. The van der Waals surface area contributed by atoms with Gasteiger partial charge in [0, 0.05) is 23.7 Å². The van der Waals surface area contributed by atoms with Crippen LogP contribution in [-0.2, 0) is 0 Å². The zero-order chi connectivity index (χ0) is 22.5. The number of nitrogens with zero attached hydrogens (tertiary/aromatic N) is 2. The third-order valence-electron chi connectivity index (χ3n) is 5.99. The number of hydrogen-bond donors (Lipinski definition) is 2. The predicted octanol–water partition coefficient (Wildman–Crippen LogP) is 5.58. The number of nitrogens with one attached hydrogen (secondary N) is 2. The Kier molecular flexibility index (Phi) is 6.15. The van der Waals surface area contributed by atoms with E-state index >= 15 is 0 Å². The summed E-state index contributed by atoms with van der Waals surface area (Å²) in [5, 5.41) is 7.87. The normalized spacial score (nSPS) is 17.9. The number of anilines is 1. The fraction of sp³-hybridized carbons (Fsp3) is 0.222. The van der Waals surface area contributed by atoms with E-state index in [1.165, 1.54) is 0 Å². The Morgan fingerprint density at radius 2 is 1.58 bits per heavy atom. The van der Waals surface area contributed by atoms with Crippen molar-refractivity contribution < 1.29 is 9.53 Å². The van der Waals surface area contributed by atoms with E-state index in [0.717, 1.165) is 42.4 Å². The van der Waals surface area contributed by atoms with Crippen molar-refractivity contribution in [1.82, 2.24) is 15.3 Å². The monoisotopic (exact) mass is 438 g/mol. The number of aromatic nitrogens is 2. The Labute approximate surface area is 193 Å². The van der Waals surface area contributed by atoms with Crippen LogP contribution in [0.1, 0.15) is 36.0 Å². The van der Waals surface area contributed by atoms with Gasteiger partial charge in [0.1, 0.15) is 17.1 Å². The van der Waals surface area contributed by atoms with E-state index in [2.05, 4.69) is 27.8 Å². The van der Waals surface area contributed by atoms with E-state index in [-0.39, 0.29) is 11.9 Å². The molecule has 6 heteroatoms. The summed E-state index contributed by atoms with van der Waals surface area (Å²) in [6.07, 6.45) is 5.39. The maximum Gasteiger partial charge on any atom is 0.257 e. The summed E-state index contributed by atoms with van der Waals surface area (Å²) < 4.78 is 5.84. The minimum atomic E-state index is -0.151. The standard InChI is InChI=1S/C27H26N4O2/c32-26(23-10-6-18-28-27(23)33-22-8-2-1-3-9-22)30-21-15-13-20(14-16-21)29-25-17-12-19-7-4-5-11-24(19)31-25/h1-12,17-18,20-21H,13-16H2,(H,29,31)(H,30,32). The molecule has 2 heterocycles. The number of carbonyl (C=O) groups is 1. The molecule has 2 aromatic carbocycles. The van der Waals surface area contributed by atoms with E-state index in [1.54, 1.807) is 18.3 Å². The molecule has 1 aliphatic carbocycles. The van der Waals surface area contributed by atoms with Crippen LogP contribution in [0.25, 0.3) is 10.9 Å². The molecule has 0 unspecified atom stereocenters. The van der Waals surface area contributed by atoms with Crippen LogP contribution in [0.4, 0.5) is 5.82 Å². The van der Waals surface area contributed by atoms with Gasteiger partial charge in [0.25, 0.3) is 5.91 Å². The summed E-state index contributed by atoms with van der Waals surface area (Å²) in [5.41, 5.74) is 1.44. The molecule has 0 aliphatic heterocycles. The van der Waals surface area contributed by atoms with Crippen LogP contribution < -0.4 is 15.4 Å². The van der Waals surface area contributed by atoms with Gasteiger partial charge in [-0.15, -0.1) is 0 Å². The lowest BCUT2D eigenvalue weighted by Crippen LogP contribution is -2.40. The molecule has 2 aromatic heterocycles.